The zero-order valence-electron chi connectivity index (χ0n) is 9.25. The number of nitrogens with zero attached hydrogens (tertiary/aromatic N) is 3. The first kappa shape index (κ1) is 12.6. The van der Waals surface area contributed by atoms with Crippen LogP contribution in [0.1, 0.15) is 27.3 Å². The number of carboxylic acid groups (broad SMARTS) is 1. The molecule has 0 aromatic carbocycles. The number of aromatic carboxylic acids is 1. The predicted molar refractivity (Wildman–Crippen MR) is 58.4 cm³/mol. The summed E-state index contributed by atoms with van der Waals surface area (Å²) in [5.41, 5.74) is 0.191. The van der Waals surface area contributed by atoms with Crippen molar-refractivity contribution in [3.63, 3.8) is 0 Å². The number of hydrogen-bond acceptors (Lipinski definition) is 4. The molecule has 0 aliphatic heterocycles. The molecule has 1 heterocycles. The molecule has 1 amide bonds. The zero-order chi connectivity index (χ0) is 12.8. The lowest BCUT2D eigenvalue weighted by Gasteiger charge is -2.14. The molecule has 0 fully saturated rings. The normalized spacial score (nSPS) is 9.41. The molecule has 1 aromatic heterocycles. The molecule has 0 unspecified atom stereocenters. The summed E-state index contributed by atoms with van der Waals surface area (Å²) < 4.78 is 0. The average Bonchev–Trinajstić information content (AvgIpc) is 2.35. The molecule has 0 aliphatic carbocycles. The van der Waals surface area contributed by atoms with E-state index in [0.717, 1.165) is 6.20 Å². The fourth-order valence-electron chi connectivity index (χ4n) is 1.16. The molecule has 0 radical (unpaired) electrons. The second kappa shape index (κ2) is 5.61. The summed E-state index contributed by atoms with van der Waals surface area (Å²) >= 11 is 0. The monoisotopic (exact) mass is 233 g/mol. The Morgan fingerprint density at radius 3 is 2.71 bits per heavy atom. The fraction of sp³-hybridized carbons (Fsp3) is 0.273. The molecule has 1 rings (SSSR count). The second-order valence-corrected chi connectivity index (χ2v) is 3.37. The van der Waals surface area contributed by atoms with Crippen LogP contribution in [-0.4, -0.2) is 40.5 Å². The molecule has 0 saturated carbocycles. The maximum absolute atomic E-state index is 11.7. The van der Waals surface area contributed by atoms with Gasteiger partial charge in [-0.05, 0) is 12.1 Å². The summed E-state index contributed by atoms with van der Waals surface area (Å²) in [5, 5.41) is 17.1. The van der Waals surface area contributed by atoms with E-state index in [0.29, 0.717) is 6.54 Å². The predicted octanol–water partition coefficient (Wildman–Crippen LogP) is 0.765. The van der Waals surface area contributed by atoms with Gasteiger partial charge in [0.25, 0.3) is 5.91 Å². The van der Waals surface area contributed by atoms with Crippen molar-refractivity contribution in [1.29, 1.82) is 5.26 Å². The van der Waals surface area contributed by atoms with Crippen LogP contribution >= 0.6 is 0 Å². The second-order valence-electron chi connectivity index (χ2n) is 3.37. The molecule has 0 aliphatic rings. The van der Waals surface area contributed by atoms with Crippen LogP contribution in [0, 0.1) is 11.3 Å². The maximum Gasteiger partial charge on any atom is 0.337 e. The van der Waals surface area contributed by atoms with Crippen molar-refractivity contribution in [1.82, 2.24) is 9.88 Å². The van der Waals surface area contributed by atoms with Crippen LogP contribution in [0.5, 0.6) is 0 Å². The Morgan fingerprint density at radius 1 is 1.53 bits per heavy atom. The summed E-state index contributed by atoms with van der Waals surface area (Å²) in [6.07, 6.45) is 1.38. The summed E-state index contributed by atoms with van der Waals surface area (Å²) in [6.45, 7) is 0.317. The van der Waals surface area contributed by atoms with Gasteiger partial charge in [0, 0.05) is 19.8 Å². The van der Waals surface area contributed by atoms with Crippen molar-refractivity contribution in [3.8, 4) is 6.07 Å². The lowest BCUT2D eigenvalue weighted by molar-refractivity contribution is 0.0694. The van der Waals surface area contributed by atoms with Crippen LogP contribution in [-0.2, 0) is 0 Å². The van der Waals surface area contributed by atoms with Crippen LogP contribution in [0.25, 0.3) is 0 Å². The zero-order valence-corrected chi connectivity index (χ0v) is 9.25. The third-order valence-electron chi connectivity index (χ3n) is 2.14. The van der Waals surface area contributed by atoms with Gasteiger partial charge in [-0.2, -0.15) is 5.26 Å². The molecule has 17 heavy (non-hydrogen) atoms. The number of carbonyl (C=O) groups is 2. The van der Waals surface area contributed by atoms with Crippen molar-refractivity contribution in [2.75, 3.05) is 13.6 Å². The maximum atomic E-state index is 11.7. The molecule has 0 spiro atoms. The number of amides is 1. The van der Waals surface area contributed by atoms with Gasteiger partial charge < -0.3 is 10.0 Å². The Balaban J connectivity index is 2.76. The summed E-state index contributed by atoms with van der Waals surface area (Å²) in [4.78, 5) is 27.5. The van der Waals surface area contributed by atoms with E-state index in [-0.39, 0.29) is 23.6 Å². The van der Waals surface area contributed by atoms with Crippen LogP contribution in [0.3, 0.4) is 0 Å². The Bertz CT molecular complexity index is 462. The lowest BCUT2D eigenvalue weighted by atomic mass is 10.2. The molecule has 6 heteroatoms. The minimum absolute atomic E-state index is 0.0289. The standard InChI is InChI=1S/C11H11N3O3/c1-14(6-2-5-12)10(15)9-4-3-8(7-13-9)11(16)17/h3-4,7H,2,6H2,1H3,(H,16,17). The molecule has 1 aromatic rings. The van der Waals surface area contributed by atoms with E-state index >= 15 is 0 Å². The van der Waals surface area contributed by atoms with Crippen LogP contribution in [0.2, 0.25) is 0 Å². The molecule has 0 saturated heterocycles. The smallest absolute Gasteiger partial charge is 0.337 e. The van der Waals surface area contributed by atoms with E-state index in [1.54, 1.807) is 7.05 Å². The van der Waals surface area contributed by atoms with E-state index in [2.05, 4.69) is 4.98 Å². The highest BCUT2D eigenvalue weighted by molar-refractivity contribution is 5.93. The van der Waals surface area contributed by atoms with E-state index in [1.165, 1.54) is 17.0 Å². The highest BCUT2D eigenvalue weighted by Crippen LogP contribution is 2.03. The van der Waals surface area contributed by atoms with Crippen molar-refractivity contribution in [2.45, 2.75) is 6.42 Å². The Labute approximate surface area is 98.1 Å². The Hall–Kier alpha value is -2.42. The van der Waals surface area contributed by atoms with Crippen LogP contribution in [0.15, 0.2) is 18.3 Å². The number of pyridine rings is 1. The number of aromatic nitrogens is 1. The number of carboxylic acids is 1. The van der Waals surface area contributed by atoms with Gasteiger partial charge in [-0.25, -0.2) is 4.79 Å². The molecular formula is C11H11N3O3. The molecule has 6 nitrogen and oxygen atoms in total. The van der Waals surface area contributed by atoms with Gasteiger partial charge in [-0.3, -0.25) is 9.78 Å². The first-order valence-corrected chi connectivity index (χ1v) is 4.88. The van der Waals surface area contributed by atoms with Gasteiger partial charge in [0.1, 0.15) is 5.69 Å². The van der Waals surface area contributed by atoms with Crippen molar-refractivity contribution in [3.05, 3.63) is 29.6 Å². The lowest BCUT2D eigenvalue weighted by Crippen LogP contribution is -2.28. The molecule has 88 valence electrons. The Kier molecular flexibility index (Phi) is 4.17. The first-order chi connectivity index (χ1) is 8.06. The third-order valence-corrected chi connectivity index (χ3v) is 2.14. The van der Waals surface area contributed by atoms with Gasteiger partial charge in [-0.15, -0.1) is 0 Å². The van der Waals surface area contributed by atoms with E-state index < -0.39 is 5.97 Å². The summed E-state index contributed by atoms with van der Waals surface area (Å²) in [7, 11) is 1.56. The number of carbonyl (C=O) groups excluding carboxylic acids is 1. The summed E-state index contributed by atoms with van der Waals surface area (Å²) in [5.74, 6) is -1.42. The number of hydrogen-bond donors (Lipinski definition) is 1. The van der Waals surface area contributed by atoms with Crippen molar-refractivity contribution in [2.24, 2.45) is 0 Å². The molecule has 1 N–H and O–H groups in total. The van der Waals surface area contributed by atoms with Gasteiger partial charge in [-0.1, -0.05) is 0 Å². The van der Waals surface area contributed by atoms with Gasteiger partial charge in [0.2, 0.25) is 0 Å². The number of nitriles is 1. The average molecular weight is 233 g/mol. The summed E-state index contributed by atoms with van der Waals surface area (Å²) in [6, 6.07) is 4.61. The van der Waals surface area contributed by atoms with E-state index in [1.807, 2.05) is 6.07 Å². The van der Waals surface area contributed by atoms with Crippen LogP contribution < -0.4 is 0 Å². The quantitative estimate of drug-likeness (QED) is 0.828. The van der Waals surface area contributed by atoms with Crippen molar-refractivity contribution < 1.29 is 14.7 Å². The number of rotatable bonds is 4. The molecule has 0 atom stereocenters. The topological polar surface area (TPSA) is 94.3 Å². The third kappa shape index (κ3) is 3.28. The van der Waals surface area contributed by atoms with Crippen LogP contribution in [0.4, 0.5) is 0 Å². The van der Waals surface area contributed by atoms with Gasteiger partial charge >= 0.3 is 5.97 Å². The highest BCUT2D eigenvalue weighted by atomic mass is 16.4. The molecular weight excluding hydrogens is 222 g/mol. The van der Waals surface area contributed by atoms with Gasteiger partial charge in [0.05, 0.1) is 18.1 Å². The largest absolute Gasteiger partial charge is 0.478 e. The van der Waals surface area contributed by atoms with E-state index in [9.17, 15) is 9.59 Å². The molecule has 0 bridgehead atoms. The minimum atomic E-state index is -1.09. The highest BCUT2D eigenvalue weighted by Gasteiger charge is 2.13. The Morgan fingerprint density at radius 2 is 2.24 bits per heavy atom. The van der Waals surface area contributed by atoms with Crippen molar-refractivity contribution >= 4 is 11.9 Å². The SMILES string of the molecule is CN(CCC#N)C(=O)c1ccc(C(=O)O)cn1. The first-order valence-electron chi connectivity index (χ1n) is 4.88. The fourth-order valence-corrected chi connectivity index (χ4v) is 1.16. The minimum Gasteiger partial charge on any atom is -0.478 e. The van der Waals surface area contributed by atoms with Gasteiger partial charge in [0.15, 0.2) is 0 Å². The van der Waals surface area contributed by atoms with E-state index in [4.69, 9.17) is 10.4 Å².